The molecule has 2 aromatic heterocycles. The number of carbonyl (C=O) groups is 1. The van der Waals surface area contributed by atoms with E-state index in [0.29, 0.717) is 10.6 Å². The van der Waals surface area contributed by atoms with Crippen LogP contribution in [0.3, 0.4) is 0 Å². The first-order chi connectivity index (χ1) is 8.54. The third-order valence-electron chi connectivity index (χ3n) is 2.53. The van der Waals surface area contributed by atoms with Crippen molar-refractivity contribution in [3.8, 4) is 5.75 Å². The van der Waals surface area contributed by atoms with Gasteiger partial charge in [0.05, 0.1) is 18.2 Å². The summed E-state index contributed by atoms with van der Waals surface area (Å²) in [5.74, 6) is 1.32. The SMILES string of the molecule is COc1cc(C(=O)N(C)c2ccnn2C)sc1Br. The molecule has 0 spiro atoms. The molecule has 0 atom stereocenters. The van der Waals surface area contributed by atoms with Crippen LogP contribution in [0.4, 0.5) is 5.82 Å². The highest BCUT2D eigenvalue weighted by Gasteiger charge is 2.20. The van der Waals surface area contributed by atoms with Gasteiger partial charge in [0.1, 0.15) is 15.4 Å². The maximum absolute atomic E-state index is 12.3. The van der Waals surface area contributed by atoms with E-state index in [-0.39, 0.29) is 5.91 Å². The Kier molecular flexibility index (Phi) is 3.72. The summed E-state index contributed by atoms with van der Waals surface area (Å²) < 4.78 is 7.61. The summed E-state index contributed by atoms with van der Waals surface area (Å²) in [4.78, 5) is 14.5. The second-order valence-corrected chi connectivity index (χ2v) is 6.00. The van der Waals surface area contributed by atoms with Gasteiger partial charge < -0.3 is 4.74 Å². The molecule has 0 N–H and O–H groups in total. The highest BCUT2D eigenvalue weighted by Crippen LogP contribution is 2.35. The molecule has 0 aliphatic carbocycles. The molecule has 0 aliphatic rings. The van der Waals surface area contributed by atoms with Gasteiger partial charge in [0.15, 0.2) is 0 Å². The number of thiophene rings is 1. The van der Waals surface area contributed by atoms with Gasteiger partial charge in [-0.2, -0.15) is 5.10 Å². The normalized spacial score (nSPS) is 10.4. The van der Waals surface area contributed by atoms with E-state index in [1.54, 1.807) is 49.1 Å². The van der Waals surface area contributed by atoms with Crippen LogP contribution in [-0.4, -0.2) is 29.8 Å². The number of aryl methyl sites for hydroxylation is 1. The fourth-order valence-corrected chi connectivity index (χ4v) is 3.19. The van der Waals surface area contributed by atoms with E-state index in [9.17, 15) is 4.79 Å². The van der Waals surface area contributed by atoms with Gasteiger partial charge in [0.2, 0.25) is 0 Å². The Morgan fingerprint density at radius 3 is 2.83 bits per heavy atom. The third kappa shape index (κ3) is 2.28. The topological polar surface area (TPSA) is 47.4 Å². The monoisotopic (exact) mass is 329 g/mol. The number of methoxy groups -OCH3 is 1. The van der Waals surface area contributed by atoms with Crippen LogP contribution in [-0.2, 0) is 7.05 Å². The van der Waals surface area contributed by atoms with E-state index in [0.717, 1.165) is 9.60 Å². The summed E-state index contributed by atoms with van der Waals surface area (Å²) in [6.07, 6.45) is 1.66. The first-order valence-corrected chi connectivity index (χ1v) is 6.75. The molecule has 1 amide bonds. The predicted octanol–water partition coefficient (Wildman–Crippen LogP) is 2.53. The fourth-order valence-electron chi connectivity index (χ4n) is 1.56. The zero-order valence-electron chi connectivity index (χ0n) is 10.2. The average Bonchev–Trinajstić information content (AvgIpc) is 2.93. The molecule has 2 aromatic rings. The lowest BCUT2D eigenvalue weighted by molar-refractivity contribution is 0.0995. The average molecular weight is 330 g/mol. The number of amides is 1. The van der Waals surface area contributed by atoms with Gasteiger partial charge in [0.25, 0.3) is 5.91 Å². The molecular weight excluding hydrogens is 318 g/mol. The largest absolute Gasteiger partial charge is 0.495 e. The quantitative estimate of drug-likeness (QED) is 0.869. The molecule has 96 valence electrons. The van der Waals surface area contributed by atoms with Crippen molar-refractivity contribution < 1.29 is 9.53 Å². The Morgan fingerprint density at radius 1 is 1.61 bits per heavy atom. The van der Waals surface area contributed by atoms with Crippen LogP contribution in [0.15, 0.2) is 22.1 Å². The fraction of sp³-hybridized carbons (Fsp3) is 0.273. The van der Waals surface area contributed by atoms with Crippen molar-refractivity contribution >= 4 is 39.0 Å². The molecule has 7 heteroatoms. The van der Waals surface area contributed by atoms with Crippen LogP contribution in [0.2, 0.25) is 0 Å². The van der Waals surface area contributed by atoms with Crippen molar-refractivity contribution in [3.05, 3.63) is 27.0 Å². The molecule has 0 aromatic carbocycles. The van der Waals surface area contributed by atoms with Gasteiger partial charge in [-0.05, 0) is 15.9 Å². The number of rotatable bonds is 3. The Labute approximate surface area is 117 Å². The van der Waals surface area contributed by atoms with Gasteiger partial charge in [-0.1, -0.05) is 0 Å². The van der Waals surface area contributed by atoms with Gasteiger partial charge >= 0.3 is 0 Å². The molecule has 0 saturated heterocycles. The Bertz CT molecular complexity index is 579. The van der Waals surface area contributed by atoms with Gasteiger partial charge in [-0.3, -0.25) is 14.4 Å². The standard InChI is InChI=1S/C11H12BrN3O2S/c1-14(9-4-5-13-15(9)2)11(16)8-6-7(17-3)10(12)18-8/h4-6H,1-3H3. The smallest absolute Gasteiger partial charge is 0.269 e. The molecule has 0 saturated carbocycles. The predicted molar refractivity (Wildman–Crippen MR) is 74.5 cm³/mol. The summed E-state index contributed by atoms with van der Waals surface area (Å²) in [5.41, 5.74) is 0. The minimum absolute atomic E-state index is 0.0902. The maximum atomic E-state index is 12.3. The number of nitrogens with zero attached hydrogens (tertiary/aromatic N) is 3. The molecule has 18 heavy (non-hydrogen) atoms. The van der Waals surface area contributed by atoms with Crippen molar-refractivity contribution in [1.82, 2.24) is 9.78 Å². The molecule has 0 bridgehead atoms. The maximum Gasteiger partial charge on any atom is 0.269 e. The van der Waals surface area contributed by atoms with Crippen molar-refractivity contribution in [2.75, 3.05) is 19.1 Å². The number of aromatic nitrogens is 2. The molecular formula is C11H12BrN3O2S. The van der Waals surface area contributed by atoms with E-state index in [2.05, 4.69) is 21.0 Å². The van der Waals surface area contributed by atoms with Crippen LogP contribution < -0.4 is 9.64 Å². The van der Waals surface area contributed by atoms with E-state index in [4.69, 9.17) is 4.74 Å². The van der Waals surface area contributed by atoms with Crippen molar-refractivity contribution in [3.63, 3.8) is 0 Å². The molecule has 0 aliphatic heterocycles. The molecule has 2 heterocycles. The lowest BCUT2D eigenvalue weighted by Gasteiger charge is -2.15. The Morgan fingerprint density at radius 2 is 2.33 bits per heavy atom. The van der Waals surface area contributed by atoms with Crippen LogP contribution in [0.5, 0.6) is 5.75 Å². The zero-order valence-corrected chi connectivity index (χ0v) is 12.6. The van der Waals surface area contributed by atoms with Gasteiger partial charge in [0, 0.05) is 26.2 Å². The number of anilines is 1. The summed E-state index contributed by atoms with van der Waals surface area (Å²) in [7, 11) is 5.09. The Hall–Kier alpha value is -1.34. The summed E-state index contributed by atoms with van der Waals surface area (Å²) in [6.45, 7) is 0. The van der Waals surface area contributed by atoms with Crippen LogP contribution in [0.25, 0.3) is 0 Å². The van der Waals surface area contributed by atoms with Crippen LogP contribution >= 0.6 is 27.3 Å². The lowest BCUT2D eigenvalue weighted by Crippen LogP contribution is -2.27. The van der Waals surface area contributed by atoms with Crippen LogP contribution in [0, 0.1) is 0 Å². The van der Waals surface area contributed by atoms with Crippen LogP contribution in [0.1, 0.15) is 9.67 Å². The highest BCUT2D eigenvalue weighted by atomic mass is 79.9. The van der Waals surface area contributed by atoms with Gasteiger partial charge in [-0.25, -0.2) is 0 Å². The molecule has 0 unspecified atom stereocenters. The van der Waals surface area contributed by atoms with Crippen molar-refractivity contribution in [1.29, 1.82) is 0 Å². The highest BCUT2D eigenvalue weighted by molar-refractivity contribution is 9.11. The molecule has 2 rings (SSSR count). The lowest BCUT2D eigenvalue weighted by atomic mass is 10.4. The van der Waals surface area contributed by atoms with Crippen molar-refractivity contribution in [2.24, 2.45) is 7.05 Å². The minimum Gasteiger partial charge on any atom is -0.495 e. The van der Waals surface area contributed by atoms with E-state index < -0.39 is 0 Å². The van der Waals surface area contributed by atoms with E-state index >= 15 is 0 Å². The first kappa shape index (κ1) is 13.1. The second kappa shape index (κ2) is 5.11. The van der Waals surface area contributed by atoms with E-state index in [1.165, 1.54) is 11.3 Å². The molecule has 0 fully saturated rings. The number of hydrogen-bond acceptors (Lipinski definition) is 4. The second-order valence-electron chi connectivity index (χ2n) is 3.63. The minimum atomic E-state index is -0.0902. The summed E-state index contributed by atoms with van der Waals surface area (Å²) >= 11 is 4.71. The van der Waals surface area contributed by atoms with Gasteiger partial charge in [-0.15, -0.1) is 11.3 Å². The number of hydrogen-bond donors (Lipinski definition) is 0. The first-order valence-electron chi connectivity index (χ1n) is 5.14. The zero-order chi connectivity index (χ0) is 13.3. The number of ether oxygens (including phenoxy) is 1. The molecule has 0 radical (unpaired) electrons. The van der Waals surface area contributed by atoms with E-state index in [1.807, 2.05) is 0 Å². The number of carbonyl (C=O) groups excluding carboxylic acids is 1. The summed E-state index contributed by atoms with van der Waals surface area (Å²) in [5, 5.41) is 4.04. The Balaban J connectivity index is 2.28. The van der Waals surface area contributed by atoms with Crippen molar-refractivity contribution in [2.45, 2.75) is 0 Å². The number of halogens is 1. The summed E-state index contributed by atoms with van der Waals surface area (Å²) in [6, 6.07) is 3.52. The third-order valence-corrected chi connectivity index (χ3v) is 4.30. The molecule has 5 nitrogen and oxygen atoms in total.